The minimum atomic E-state index is 0.283. The van der Waals surface area contributed by atoms with Gasteiger partial charge in [0.15, 0.2) is 0 Å². The predicted octanol–water partition coefficient (Wildman–Crippen LogP) is 1.47. The quantitative estimate of drug-likeness (QED) is 0.580. The van der Waals surface area contributed by atoms with Gasteiger partial charge in [-0.3, -0.25) is 0 Å². The Bertz CT molecular complexity index is 131. The Labute approximate surface area is 94.9 Å². The van der Waals surface area contributed by atoms with E-state index < -0.39 is 0 Å². The Morgan fingerprint density at radius 2 is 1.93 bits per heavy atom. The Balaban J connectivity index is 3.87. The smallest absolute Gasteiger partial charge is 0.0446 e. The molecule has 2 N–H and O–H groups in total. The fourth-order valence-electron chi connectivity index (χ4n) is 1.77. The molecule has 0 amide bonds. The standard InChI is InChI=1S/C12H28N2O/c1-4-8-13-12(7-10-15)11-14(6-3)9-5-2/h12-13,15H,4-11H2,1-3H3. The van der Waals surface area contributed by atoms with E-state index in [0.29, 0.717) is 6.04 Å². The summed E-state index contributed by atoms with van der Waals surface area (Å²) >= 11 is 0. The summed E-state index contributed by atoms with van der Waals surface area (Å²) in [7, 11) is 0. The number of aliphatic hydroxyl groups excluding tert-OH is 1. The normalized spacial score (nSPS) is 13.4. The van der Waals surface area contributed by atoms with Gasteiger partial charge >= 0.3 is 0 Å². The van der Waals surface area contributed by atoms with Crippen LogP contribution < -0.4 is 5.32 Å². The molecule has 0 heterocycles. The van der Waals surface area contributed by atoms with Crippen molar-refractivity contribution < 1.29 is 5.11 Å². The van der Waals surface area contributed by atoms with Gasteiger partial charge in [-0.05, 0) is 38.9 Å². The third-order valence-electron chi connectivity index (χ3n) is 2.63. The highest BCUT2D eigenvalue weighted by Gasteiger charge is 2.11. The van der Waals surface area contributed by atoms with Gasteiger partial charge in [-0.1, -0.05) is 20.8 Å². The number of rotatable bonds is 10. The first-order valence-corrected chi connectivity index (χ1v) is 6.34. The minimum absolute atomic E-state index is 0.283. The average Bonchev–Trinajstić information content (AvgIpc) is 2.25. The molecule has 0 radical (unpaired) electrons. The van der Waals surface area contributed by atoms with Gasteiger partial charge in [0.1, 0.15) is 0 Å². The number of aliphatic hydroxyl groups is 1. The van der Waals surface area contributed by atoms with Gasteiger partial charge in [0, 0.05) is 19.2 Å². The maximum Gasteiger partial charge on any atom is 0.0446 e. The number of hydrogen-bond donors (Lipinski definition) is 2. The van der Waals surface area contributed by atoms with Gasteiger partial charge in [-0.2, -0.15) is 0 Å². The lowest BCUT2D eigenvalue weighted by Gasteiger charge is -2.26. The van der Waals surface area contributed by atoms with E-state index in [9.17, 15) is 0 Å². The van der Waals surface area contributed by atoms with E-state index in [1.807, 2.05) is 0 Å². The lowest BCUT2D eigenvalue weighted by atomic mass is 10.2. The average molecular weight is 216 g/mol. The van der Waals surface area contributed by atoms with Gasteiger partial charge in [0.25, 0.3) is 0 Å². The third kappa shape index (κ3) is 7.77. The highest BCUT2D eigenvalue weighted by Crippen LogP contribution is 1.98. The Morgan fingerprint density at radius 3 is 2.40 bits per heavy atom. The van der Waals surface area contributed by atoms with E-state index in [0.717, 1.165) is 39.0 Å². The Morgan fingerprint density at radius 1 is 1.20 bits per heavy atom. The molecule has 1 unspecified atom stereocenters. The van der Waals surface area contributed by atoms with Crippen molar-refractivity contribution in [2.45, 2.75) is 46.1 Å². The number of nitrogens with one attached hydrogen (secondary N) is 1. The molecule has 0 bridgehead atoms. The largest absolute Gasteiger partial charge is 0.396 e. The summed E-state index contributed by atoms with van der Waals surface area (Å²) < 4.78 is 0. The maximum absolute atomic E-state index is 8.99. The van der Waals surface area contributed by atoms with Gasteiger partial charge < -0.3 is 15.3 Å². The summed E-state index contributed by atoms with van der Waals surface area (Å²) in [5, 5.41) is 12.5. The second kappa shape index (κ2) is 10.4. The summed E-state index contributed by atoms with van der Waals surface area (Å²) in [6.07, 6.45) is 3.22. The van der Waals surface area contributed by atoms with Crippen LogP contribution in [0.3, 0.4) is 0 Å². The predicted molar refractivity (Wildman–Crippen MR) is 66.2 cm³/mol. The number of nitrogens with zero attached hydrogens (tertiary/aromatic N) is 1. The molecule has 0 aliphatic rings. The van der Waals surface area contributed by atoms with Crippen molar-refractivity contribution in [3.63, 3.8) is 0 Å². The van der Waals surface area contributed by atoms with Crippen LogP contribution in [0.5, 0.6) is 0 Å². The molecule has 0 aliphatic heterocycles. The van der Waals surface area contributed by atoms with Gasteiger partial charge in [-0.15, -0.1) is 0 Å². The Hall–Kier alpha value is -0.120. The van der Waals surface area contributed by atoms with Crippen LogP contribution in [-0.2, 0) is 0 Å². The molecule has 0 aromatic heterocycles. The molecule has 3 heteroatoms. The molecule has 0 aliphatic carbocycles. The maximum atomic E-state index is 8.99. The van der Waals surface area contributed by atoms with E-state index in [1.54, 1.807) is 0 Å². The fourth-order valence-corrected chi connectivity index (χ4v) is 1.77. The summed E-state index contributed by atoms with van der Waals surface area (Å²) in [4.78, 5) is 2.45. The molecule has 0 fully saturated rings. The van der Waals surface area contributed by atoms with E-state index >= 15 is 0 Å². The van der Waals surface area contributed by atoms with Crippen LogP contribution in [0, 0.1) is 0 Å². The molecule has 92 valence electrons. The van der Waals surface area contributed by atoms with Crippen LogP contribution in [0.25, 0.3) is 0 Å². The van der Waals surface area contributed by atoms with Crippen LogP contribution >= 0.6 is 0 Å². The lowest BCUT2D eigenvalue weighted by molar-refractivity contribution is 0.213. The summed E-state index contributed by atoms with van der Waals surface area (Å²) in [6.45, 7) is 11.2. The highest BCUT2D eigenvalue weighted by molar-refractivity contribution is 4.71. The summed E-state index contributed by atoms with van der Waals surface area (Å²) in [5.41, 5.74) is 0. The fraction of sp³-hybridized carbons (Fsp3) is 1.00. The molecule has 0 rings (SSSR count). The van der Waals surface area contributed by atoms with Crippen LogP contribution in [0.1, 0.15) is 40.0 Å². The summed E-state index contributed by atoms with van der Waals surface area (Å²) in [5.74, 6) is 0. The van der Waals surface area contributed by atoms with Crippen LogP contribution in [0.4, 0.5) is 0 Å². The second-order valence-electron chi connectivity index (χ2n) is 4.06. The molecule has 0 saturated heterocycles. The lowest BCUT2D eigenvalue weighted by Crippen LogP contribution is -2.42. The zero-order valence-corrected chi connectivity index (χ0v) is 10.6. The van der Waals surface area contributed by atoms with Crippen molar-refractivity contribution in [2.75, 3.05) is 32.8 Å². The minimum Gasteiger partial charge on any atom is -0.396 e. The molecule has 0 aromatic carbocycles. The van der Waals surface area contributed by atoms with Crippen molar-refractivity contribution in [2.24, 2.45) is 0 Å². The molecule has 3 nitrogen and oxygen atoms in total. The van der Waals surface area contributed by atoms with Crippen molar-refractivity contribution in [1.82, 2.24) is 10.2 Å². The van der Waals surface area contributed by atoms with Crippen molar-refractivity contribution >= 4 is 0 Å². The monoisotopic (exact) mass is 216 g/mol. The molecule has 1 atom stereocenters. The van der Waals surface area contributed by atoms with E-state index in [2.05, 4.69) is 31.0 Å². The Kier molecular flexibility index (Phi) is 10.3. The molecule has 0 spiro atoms. The second-order valence-corrected chi connectivity index (χ2v) is 4.06. The summed E-state index contributed by atoms with van der Waals surface area (Å²) in [6, 6.07) is 0.446. The molecule has 0 aromatic rings. The van der Waals surface area contributed by atoms with E-state index in [4.69, 9.17) is 5.11 Å². The topological polar surface area (TPSA) is 35.5 Å². The van der Waals surface area contributed by atoms with Gasteiger partial charge in [0.05, 0.1) is 0 Å². The first kappa shape index (κ1) is 14.9. The number of hydrogen-bond acceptors (Lipinski definition) is 3. The van der Waals surface area contributed by atoms with Crippen LogP contribution in [0.2, 0.25) is 0 Å². The van der Waals surface area contributed by atoms with Crippen LogP contribution in [0.15, 0.2) is 0 Å². The molecular formula is C12H28N2O. The highest BCUT2D eigenvalue weighted by atomic mass is 16.3. The van der Waals surface area contributed by atoms with Gasteiger partial charge in [-0.25, -0.2) is 0 Å². The van der Waals surface area contributed by atoms with Crippen LogP contribution in [-0.4, -0.2) is 48.8 Å². The van der Waals surface area contributed by atoms with Gasteiger partial charge in [0.2, 0.25) is 0 Å². The number of likely N-dealkylation sites (N-methyl/N-ethyl adjacent to an activating group) is 1. The molecule has 0 saturated carbocycles. The van der Waals surface area contributed by atoms with Crippen molar-refractivity contribution in [3.8, 4) is 0 Å². The molecular weight excluding hydrogens is 188 g/mol. The first-order chi connectivity index (χ1) is 7.28. The zero-order chi connectivity index (χ0) is 11.5. The van der Waals surface area contributed by atoms with E-state index in [-0.39, 0.29) is 6.61 Å². The SMILES string of the molecule is CCCNC(CCO)CN(CC)CCC. The van der Waals surface area contributed by atoms with E-state index in [1.165, 1.54) is 6.42 Å². The van der Waals surface area contributed by atoms with Crippen molar-refractivity contribution in [1.29, 1.82) is 0 Å². The zero-order valence-electron chi connectivity index (χ0n) is 10.6. The molecule has 15 heavy (non-hydrogen) atoms. The third-order valence-corrected chi connectivity index (χ3v) is 2.63. The van der Waals surface area contributed by atoms with Crippen molar-refractivity contribution in [3.05, 3.63) is 0 Å². The first-order valence-electron chi connectivity index (χ1n) is 6.34.